The standard InChI is InChI=1S/C14H5F3O2/c15-8-5-9(16)12(17)11-10(8)13(18)6-3-1-2-4-7(6)14(11)19/h1-5H. The van der Waals surface area contributed by atoms with Crippen molar-refractivity contribution >= 4 is 11.6 Å². The normalized spacial score (nSPS) is 13.2. The molecule has 0 aromatic heterocycles. The molecule has 0 heterocycles. The Morgan fingerprint density at radius 3 is 1.84 bits per heavy atom. The van der Waals surface area contributed by atoms with E-state index in [0.717, 1.165) is 0 Å². The van der Waals surface area contributed by atoms with Gasteiger partial charge < -0.3 is 0 Å². The van der Waals surface area contributed by atoms with Crippen LogP contribution in [-0.2, 0) is 0 Å². The van der Waals surface area contributed by atoms with Crippen molar-refractivity contribution < 1.29 is 22.8 Å². The number of carbonyl (C=O) groups is 2. The van der Waals surface area contributed by atoms with Crippen molar-refractivity contribution in [3.63, 3.8) is 0 Å². The monoisotopic (exact) mass is 262 g/mol. The summed E-state index contributed by atoms with van der Waals surface area (Å²) in [4.78, 5) is 24.1. The second kappa shape index (κ2) is 3.78. The van der Waals surface area contributed by atoms with Crippen LogP contribution in [0.2, 0.25) is 0 Å². The Bertz CT molecular complexity index is 751. The van der Waals surface area contributed by atoms with Crippen LogP contribution >= 0.6 is 0 Å². The van der Waals surface area contributed by atoms with Crippen molar-refractivity contribution in [1.82, 2.24) is 0 Å². The van der Waals surface area contributed by atoms with E-state index in [-0.39, 0.29) is 17.2 Å². The van der Waals surface area contributed by atoms with Crippen molar-refractivity contribution in [2.45, 2.75) is 0 Å². The van der Waals surface area contributed by atoms with Crippen LogP contribution < -0.4 is 0 Å². The minimum Gasteiger partial charge on any atom is -0.288 e. The SMILES string of the molecule is O=C1c2ccccc2C(=O)c2c(F)c(F)cc(F)c21. The molecule has 0 unspecified atom stereocenters. The van der Waals surface area contributed by atoms with Crippen molar-refractivity contribution in [3.05, 3.63) is 70.0 Å². The average Bonchev–Trinajstić information content (AvgIpc) is 2.40. The third kappa shape index (κ3) is 1.44. The van der Waals surface area contributed by atoms with Crippen molar-refractivity contribution in [3.8, 4) is 0 Å². The molecule has 5 heteroatoms. The van der Waals surface area contributed by atoms with Crippen molar-refractivity contribution in [2.75, 3.05) is 0 Å². The van der Waals surface area contributed by atoms with Gasteiger partial charge in [0.2, 0.25) is 0 Å². The van der Waals surface area contributed by atoms with Gasteiger partial charge in [0.15, 0.2) is 23.2 Å². The Hall–Kier alpha value is -2.43. The number of fused-ring (bicyclic) bond motifs is 2. The smallest absolute Gasteiger partial charge is 0.197 e. The largest absolute Gasteiger partial charge is 0.288 e. The van der Waals surface area contributed by atoms with Crippen LogP contribution in [0.25, 0.3) is 0 Å². The first kappa shape index (κ1) is 11.6. The maximum Gasteiger partial charge on any atom is 0.197 e. The van der Waals surface area contributed by atoms with Crippen molar-refractivity contribution in [1.29, 1.82) is 0 Å². The molecule has 0 bridgehead atoms. The summed E-state index contributed by atoms with van der Waals surface area (Å²) in [5, 5.41) is 0. The predicted molar refractivity (Wildman–Crippen MR) is 59.6 cm³/mol. The molecule has 19 heavy (non-hydrogen) atoms. The quantitative estimate of drug-likeness (QED) is 0.584. The van der Waals surface area contributed by atoms with Gasteiger partial charge in [0.05, 0.1) is 11.1 Å². The molecule has 1 aliphatic carbocycles. The van der Waals surface area contributed by atoms with E-state index >= 15 is 0 Å². The molecule has 0 saturated heterocycles. The van der Waals surface area contributed by atoms with Gasteiger partial charge in [-0.25, -0.2) is 13.2 Å². The van der Waals surface area contributed by atoms with E-state index in [9.17, 15) is 22.8 Å². The summed E-state index contributed by atoms with van der Waals surface area (Å²) in [6.07, 6.45) is 0. The average molecular weight is 262 g/mol. The Kier molecular flexibility index (Phi) is 2.32. The summed E-state index contributed by atoms with van der Waals surface area (Å²) in [5.41, 5.74) is -1.60. The molecule has 0 aliphatic heterocycles. The lowest BCUT2D eigenvalue weighted by Gasteiger charge is -2.18. The number of rotatable bonds is 0. The Morgan fingerprint density at radius 2 is 1.26 bits per heavy atom. The third-order valence-corrected chi connectivity index (χ3v) is 3.04. The van der Waals surface area contributed by atoms with Crippen LogP contribution in [0.4, 0.5) is 13.2 Å². The zero-order chi connectivity index (χ0) is 13.7. The zero-order valence-electron chi connectivity index (χ0n) is 9.34. The molecule has 2 aromatic carbocycles. The molecule has 3 rings (SSSR count). The molecule has 2 nitrogen and oxygen atoms in total. The fourth-order valence-electron chi connectivity index (χ4n) is 2.18. The van der Waals surface area contributed by atoms with E-state index in [2.05, 4.69) is 0 Å². The van der Waals surface area contributed by atoms with E-state index in [1.807, 2.05) is 0 Å². The van der Waals surface area contributed by atoms with Gasteiger partial charge in [-0.15, -0.1) is 0 Å². The summed E-state index contributed by atoms with van der Waals surface area (Å²) in [7, 11) is 0. The maximum absolute atomic E-state index is 13.7. The number of ketones is 2. The zero-order valence-corrected chi connectivity index (χ0v) is 9.34. The molecular formula is C14H5F3O2. The van der Waals surface area contributed by atoms with E-state index in [0.29, 0.717) is 0 Å². The van der Waals surface area contributed by atoms with Gasteiger partial charge in [0.1, 0.15) is 5.82 Å². The summed E-state index contributed by atoms with van der Waals surface area (Å²) in [6, 6.07) is 5.93. The van der Waals surface area contributed by atoms with Crippen LogP contribution in [0.3, 0.4) is 0 Å². The summed E-state index contributed by atoms with van der Waals surface area (Å²) < 4.78 is 40.5. The van der Waals surface area contributed by atoms with Crippen molar-refractivity contribution in [2.24, 2.45) is 0 Å². The molecule has 0 fully saturated rings. The van der Waals surface area contributed by atoms with Gasteiger partial charge in [0, 0.05) is 17.2 Å². The summed E-state index contributed by atoms with van der Waals surface area (Å²) in [5.74, 6) is -5.93. The van der Waals surface area contributed by atoms with E-state index in [1.165, 1.54) is 24.3 Å². The highest BCUT2D eigenvalue weighted by molar-refractivity contribution is 6.28. The Balaban J connectivity index is 2.43. The lowest BCUT2D eigenvalue weighted by molar-refractivity contribution is 0.0971. The molecule has 2 aromatic rings. The summed E-state index contributed by atoms with van der Waals surface area (Å²) >= 11 is 0. The number of carbonyl (C=O) groups excluding carboxylic acids is 2. The van der Waals surface area contributed by atoms with Crippen LogP contribution in [-0.4, -0.2) is 11.6 Å². The molecule has 94 valence electrons. The molecule has 0 spiro atoms. The highest BCUT2D eigenvalue weighted by Crippen LogP contribution is 2.31. The first-order valence-corrected chi connectivity index (χ1v) is 5.38. The number of hydrogen-bond donors (Lipinski definition) is 0. The molecule has 1 aliphatic rings. The molecule has 0 saturated carbocycles. The first-order valence-electron chi connectivity index (χ1n) is 5.38. The Labute approximate surface area is 105 Å². The number of hydrogen-bond acceptors (Lipinski definition) is 2. The minimum absolute atomic E-state index is 0.00934. The predicted octanol–water partition coefficient (Wildman–Crippen LogP) is 2.88. The minimum atomic E-state index is -1.50. The van der Waals surface area contributed by atoms with Gasteiger partial charge in [-0.2, -0.15) is 0 Å². The lowest BCUT2D eigenvalue weighted by Crippen LogP contribution is -2.24. The van der Waals surface area contributed by atoms with Gasteiger partial charge in [0.25, 0.3) is 0 Å². The maximum atomic E-state index is 13.7. The highest BCUT2D eigenvalue weighted by atomic mass is 19.2. The van der Waals surface area contributed by atoms with Crippen LogP contribution in [0, 0.1) is 17.5 Å². The van der Waals surface area contributed by atoms with Crippen LogP contribution in [0.15, 0.2) is 30.3 Å². The van der Waals surface area contributed by atoms with Gasteiger partial charge in [-0.05, 0) is 0 Å². The Morgan fingerprint density at radius 1 is 0.737 bits per heavy atom. The fourth-order valence-corrected chi connectivity index (χ4v) is 2.18. The fraction of sp³-hybridized carbons (Fsp3) is 0. The van der Waals surface area contributed by atoms with Gasteiger partial charge >= 0.3 is 0 Å². The second-order valence-corrected chi connectivity index (χ2v) is 4.11. The molecule has 0 amide bonds. The second-order valence-electron chi connectivity index (χ2n) is 4.11. The van der Waals surface area contributed by atoms with Gasteiger partial charge in [-0.3, -0.25) is 9.59 Å². The molecule has 0 atom stereocenters. The molecular weight excluding hydrogens is 257 g/mol. The lowest BCUT2D eigenvalue weighted by atomic mass is 9.83. The van der Waals surface area contributed by atoms with E-state index in [4.69, 9.17) is 0 Å². The summed E-state index contributed by atoms with van der Waals surface area (Å²) in [6.45, 7) is 0. The van der Waals surface area contributed by atoms with Gasteiger partial charge in [-0.1, -0.05) is 24.3 Å². The van der Waals surface area contributed by atoms with Crippen LogP contribution in [0.5, 0.6) is 0 Å². The molecule has 0 radical (unpaired) electrons. The number of halogens is 3. The topological polar surface area (TPSA) is 34.1 Å². The van der Waals surface area contributed by atoms with Crippen LogP contribution in [0.1, 0.15) is 31.8 Å². The highest BCUT2D eigenvalue weighted by Gasteiger charge is 2.35. The number of benzene rings is 2. The third-order valence-electron chi connectivity index (χ3n) is 3.04. The first-order chi connectivity index (χ1) is 9.02. The molecule has 0 N–H and O–H groups in total. The van der Waals surface area contributed by atoms with E-state index < -0.39 is 40.1 Å². The van der Waals surface area contributed by atoms with E-state index in [1.54, 1.807) is 0 Å².